The fourth-order valence-electron chi connectivity index (χ4n) is 10.1. The van der Waals surface area contributed by atoms with Gasteiger partial charge in [0.1, 0.15) is 11.6 Å². The molecule has 0 radical (unpaired) electrons. The lowest BCUT2D eigenvalue weighted by molar-refractivity contribution is -0.174. The molecule has 3 N–H and O–H groups in total. The number of rotatable bonds is 6. The Morgan fingerprint density at radius 2 is 1.47 bits per heavy atom. The third kappa shape index (κ3) is 4.45. The van der Waals surface area contributed by atoms with Gasteiger partial charge in [-0.05, 0) is 122 Å². The van der Waals surface area contributed by atoms with Gasteiger partial charge in [0.2, 0.25) is 0 Å². The van der Waals surface area contributed by atoms with E-state index in [1.165, 1.54) is 44.2 Å². The fourth-order valence-corrected chi connectivity index (χ4v) is 10.1. The van der Waals surface area contributed by atoms with Crippen molar-refractivity contribution in [2.24, 2.45) is 46.3 Å². The van der Waals surface area contributed by atoms with Crippen LogP contribution in [0.1, 0.15) is 103 Å². The Kier molecular flexibility index (Phi) is 7.33. The van der Waals surface area contributed by atoms with Crippen molar-refractivity contribution in [3.63, 3.8) is 0 Å². The second-order valence-corrected chi connectivity index (χ2v) is 13.5. The van der Waals surface area contributed by atoms with Gasteiger partial charge >= 0.3 is 0 Å². The smallest absolute Gasteiger partial charge is 0.126 e. The predicted molar refractivity (Wildman–Crippen MR) is 137 cm³/mol. The Morgan fingerprint density at radius 3 is 2.19 bits per heavy atom. The van der Waals surface area contributed by atoms with Crippen LogP contribution in [0, 0.1) is 58.0 Å². The maximum absolute atomic E-state index is 13.5. The van der Waals surface area contributed by atoms with Gasteiger partial charge in [-0.15, -0.1) is 0 Å². The number of benzene rings is 1. The molecule has 11 atom stereocenters. The normalized spacial score (nSPS) is 43.8. The van der Waals surface area contributed by atoms with E-state index in [1.807, 2.05) is 0 Å². The van der Waals surface area contributed by atoms with Crippen LogP contribution in [0.25, 0.3) is 0 Å². The van der Waals surface area contributed by atoms with Crippen LogP contribution in [0.3, 0.4) is 0 Å². The molecule has 4 aliphatic rings. The molecule has 2 unspecified atom stereocenters. The predicted octanol–water partition coefficient (Wildman–Crippen LogP) is 6.80. The van der Waals surface area contributed by atoms with Crippen LogP contribution in [0.2, 0.25) is 0 Å². The van der Waals surface area contributed by atoms with Gasteiger partial charge in [-0.2, -0.15) is 0 Å². The first-order valence-electron chi connectivity index (χ1n) is 14.5. The summed E-state index contributed by atoms with van der Waals surface area (Å²) in [5.74, 6) is 2.33. The Labute approximate surface area is 215 Å². The maximum Gasteiger partial charge on any atom is 0.126 e. The number of halogens is 2. The largest absolute Gasteiger partial charge is 0.390 e. The van der Waals surface area contributed by atoms with E-state index in [-0.39, 0.29) is 11.3 Å². The van der Waals surface area contributed by atoms with E-state index in [0.29, 0.717) is 35.2 Å². The highest BCUT2D eigenvalue weighted by Crippen LogP contribution is 2.68. The summed E-state index contributed by atoms with van der Waals surface area (Å²) in [6.45, 7) is 7.33. The summed E-state index contributed by atoms with van der Waals surface area (Å²) in [5.41, 5.74) is 0.829. The molecular formula is C31H46F2O3. The summed E-state index contributed by atoms with van der Waals surface area (Å²) in [6, 6.07) is 3.32. The van der Waals surface area contributed by atoms with Crippen molar-refractivity contribution in [3.05, 3.63) is 35.4 Å². The van der Waals surface area contributed by atoms with Gasteiger partial charge in [0.25, 0.3) is 0 Å². The number of hydrogen-bond acceptors (Lipinski definition) is 3. The lowest BCUT2D eigenvalue weighted by Gasteiger charge is -2.62. The molecule has 36 heavy (non-hydrogen) atoms. The Balaban J connectivity index is 1.21. The molecule has 0 bridgehead atoms. The van der Waals surface area contributed by atoms with E-state index in [2.05, 4.69) is 20.8 Å². The molecule has 202 valence electrons. The number of aliphatic hydroxyl groups is 3. The van der Waals surface area contributed by atoms with Gasteiger partial charge in [-0.3, -0.25) is 0 Å². The van der Waals surface area contributed by atoms with E-state index in [0.717, 1.165) is 50.0 Å². The summed E-state index contributed by atoms with van der Waals surface area (Å²) < 4.78 is 27.1. The topological polar surface area (TPSA) is 60.7 Å². The van der Waals surface area contributed by atoms with Crippen molar-refractivity contribution < 1.29 is 24.1 Å². The van der Waals surface area contributed by atoms with Crippen molar-refractivity contribution in [2.75, 3.05) is 0 Å². The lowest BCUT2D eigenvalue weighted by Crippen LogP contribution is -2.58. The monoisotopic (exact) mass is 504 g/mol. The molecule has 5 heteroatoms. The summed E-state index contributed by atoms with van der Waals surface area (Å²) in [4.78, 5) is 0. The molecule has 0 aromatic heterocycles. The van der Waals surface area contributed by atoms with E-state index < -0.39 is 29.9 Å². The van der Waals surface area contributed by atoms with Gasteiger partial charge in [0.05, 0.1) is 18.3 Å². The van der Waals surface area contributed by atoms with Gasteiger partial charge in [-0.25, -0.2) is 8.78 Å². The Hall–Kier alpha value is -1.04. The molecular weight excluding hydrogens is 458 g/mol. The van der Waals surface area contributed by atoms with E-state index in [4.69, 9.17) is 0 Å². The van der Waals surface area contributed by atoms with Crippen molar-refractivity contribution in [3.8, 4) is 0 Å². The third-order valence-electron chi connectivity index (χ3n) is 11.9. The zero-order valence-electron chi connectivity index (χ0n) is 22.3. The average Bonchev–Trinajstić information content (AvgIpc) is 3.18. The highest BCUT2D eigenvalue weighted by molar-refractivity contribution is 5.20. The standard InChI is InChI=1S/C31H46F2O3/c1-18(5-4-6-27(34)19-15-20(32)17-21(33)16-19)23-9-10-24-22-7-8-26-29(36)28(35)12-14-31(26,3)25(22)11-13-30(23,24)2/h15-18,22-29,34-36H,4-14H2,1-3H3/t18?,22-,23+,24-,25-,26-,27?,28-,29+,30+,31+/m0/s1. The minimum Gasteiger partial charge on any atom is -0.390 e. The van der Waals surface area contributed by atoms with Crippen molar-refractivity contribution >= 4 is 0 Å². The maximum atomic E-state index is 13.5. The number of hydrogen-bond donors (Lipinski definition) is 3. The third-order valence-corrected chi connectivity index (χ3v) is 11.9. The van der Waals surface area contributed by atoms with E-state index >= 15 is 0 Å². The molecule has 0 spiro atoms. The van der Waals surface area contributed by atoms with Crippen molar-refractivity contribution in [1.82, 2.24) is 0 Å². The Morgan fingerprint density at radius 1 is 0.833 bits per heavy atom. The second-order valence-electron chi connectivity index (χ2n) is 13.5. The van der Waals surface area contributed by atoms with E-state index in [9.17, 15) is 24.1 Å². The molecule has 4 fully saturated rings. The first-order valence-corrected chi connectivity index (χ1v) is 14.5. The Bertz CT molecular complexity index is 918. The SMILES string of the molecule is CC(CCCC(O)c1cc(F)cc(F)c1)[C@H]1CC[C@H]2[C@@H]3CC[C@H]4[C@@H](O)[C@@H](O)CC[C@]4(C)[C@H]3CC[C@]12C. The summed E-state index contributed by atoms with van der Waals surface area (Å²) in [5, 5.41) is 31.6. The van der Waals surface area contributed by atoms with Crippen LogP contribution in [0.15, 0.2) is 18.2 Å². The molecule has 1 aromatic rings. The van der Waals surface area contributed by atoms with Gasteiger partial charge in [0, 0.05) is 6.07 Å². The molecule has 0 saturated heterocycles. The lowest BCUT2D eigenvalue weighted by atomic mass is 9.44. The van der Waals surface area contributed by atoms with Crippen LogP contribution in [-0.2, 0) is 0 Å². The van der Waals surface area contributed by atoms with E-state index in [1.54, 1.807) is 0 Å². The second kappa shape index (κ2) is 9.93. The molecule has 4 aliphatic carbocycles. The minimum absolute atomic E-state index is 0.152. The van der Waals surface area contributed by atoms with Crippen LogP contribution in [0.5, 0.6) is 0 Å². The zero-order chi connectivity index (χ0) is 25.8. The summed E-state index contributed by atoms with van der Waals surface area (Å²) in [7, 11) is 0. The van der Waals surface area contributed by atoms with Crippen LogP contribution < -0.4 is 0 Å². The minimum atomic E-state index is -0.829. The quantitative estimate of drug-likeness (QED) is 0.399. The van der Waals surface area contributed by atoms with Gasteiger partial charge < -0.3 is 15.3 Å². The van der Waals surface area contributed by atoms with Gasteiger partial charge in [0.15, 0.2) is 0 Å². The van der Waals surface area contributed by atoms with Crippen molar-refractivity contribution in [2.45, 2.75) is 110 Å². The van der Waals surface area contributed by atoms with Crippen LogP contribution in [-0.4, -0.2) is 27.5 Å². The number of aliphatic hydroxyl groups excluding tert-OH is 3. The van der Waals surface area contributed by atoms with Crippen LogP contribution in [0.4, 0.5) is 8.78 Å². The van der Waals surface area contributed by atoms with Crippen LogP contribution >= 0.6 is 0 Å². The fraction of sp³-hybridized carbons (Fsp3) is 0.806. The number of fused-ring (bicyclic) bond motifs is 5. The molecule has 0 amide bonds. The van der Waals surface area contributed by atoms with Gasteiger partial charge in [-0.1, -0.05) is 33.6 Å². The molecule has 4 saturated carbocycles. The molecule has 5 rings (SSSR count). The average molecular weight is 505 g/mol. The molecule has 0 heterocycles. The highest BCUT2D eigenvalue weighted by Gasteiger charge is 2.61. The summed E-state index contributed by atoms with van der Waals surface area (Å²) >= 11 is 0. The molecule has 1 aromatic carbocycles. The highest BCUT2D eigenvalue weighted by atomic mass is 19.1. The summed E-state index contributed by atoms with van der Waals surface area (Å²) in [6.07, 6.45) is 9.51. The zero-order valence-corrected chi connectivity index (χ0v) is 22.3. The molecule has 0 aliphatic heterocycles. The first kappa shape index (κ1) is 26.6. The van der Waals surface area contributed by atoms with Crippen molar-refractivity contribution in [1.29, 1.82) is 0 Å². The molecule has 3 nitrogen and oxygen atoms in total. The first-order chi connectivity index (χ1) is 17.0.